The van der Waals surface area contributed by atoms with Gasteiger partial charge in [0.2, 0.25) is 0 Å². The monoisotopic (exact) mass is 296 g/mol. The topological polar surface area (TPSA) is 0 Å². The molecule has 0 saturated carbocycles. The Morgan fingerprint density at radius 2 is 1.40 bits per heavy atom. The fourth-order valence-corrected chi connectivity index (χ4v) is 2.36. The maximum absolute atomic E-state index is 12.3. The zero-order valence-electron chi connectivity index (χ0n) is 6.88. The van der Waals surface area contributed by atoms with Crippen molar-refractivity contribution in [3.05, 3.63) is 33.3 Å². The van der Waals surface area contributed by atoms with E-state index >= 15 is 0 Å². The van der Waals surface area contributed by atoms with Crippen LogP contribution in [0.15, 0.2) is 12.1 Å². The molecular weight excluding hydrogens is 295 g/mol. The van der Waals surface area contributed by atoms with Crippen molar-refractivity contribution in [2.45, 2.75) is 11.0 Å². The van der Waals surface area contributed by atoms with Crippen molar-refractivity contribution in [3.63, 3.8) is 0 Å². The Morgan fingerprint density at radius 3 is 1.67 bits per heavy atom. The van der Waals surface area contributed by atoms with Gasteiger partial charge in [-0.2, -0.15) is 13.2 Å². The highest BCUT2D eigenvalue weighted by atomic mass is 35.5. The van der Waals surface area contributed by atoms with E-state index < -0.39 is 16.6 Å². The Balaban J connectivity index is 3.32. The van der Waals surface area contributed by atoms with Gasteiger partial charge in [0, 0.05) is 15.6 Å². The van der Waals surface area contributed by atoms with Crippen molar-refractivity contribution >= 4 is 46.4 Å². The Hall–Kier alpha value is 0.170. The second-order valence-corrected chi connectivity index (χ2v) is 4.56. The molecule has 0 saturated heterocycles. The van der Waals surface area contributed by atoms with Gasteiger partial charge in [0.05, 0.1) is 5.56 Å². The predicted molar refractivity (Wildman–Crippen MR) is 55.9 cm³/mol. The van der Waals surface area contributed by atoms with E-state index in [0.29, 0.717) is 0 Å². The van der Waals surface area contributed by atoms with Gasteiger partial charge >= 0.3 is 6.18 Å². The number of rotatable bonds is 1. The zero-order valence-corrected chi connectivity index (χ0v) is 9.90. The summed E-state index contributed by atoms with van der Waals surface area (Å²) in [4.78, 5) is -1.06. The third-order valence-corrected chi connectivity index (χ3v) is 2.69. The molecular formula is C8H3Cl4F3. The van der Waals surface area contributed by atoms with E-state index in [2.05, 4.69) is 0 Å². The maximum atomic E-state index is 12.3. The quantitative estimate of drug-likeness (QED) is 0.601. The maximum Gasteiger partial charge on any atom is 0.416 e. The first kappa shape index (κ1) is 13.2. The molecule has 0 nitrogen and oxygen atoms in total. The van der Waals surface area contributed by atoms with Crippen LogP contribution in [0.3, 0.4) is 0 Å². The smallest absolute Gasteiger partial charge is 0.166 e. The minimum absolute atomic E-state index is 0.0784. The van der Waals surface area contributed by atoms with Crippen molar-refractivity contribution in [1.82, 2.24) is 0 Å². The molecule has 84 valence electrons. The van der Waals surface area contributed by atoms with Gasteiger partial charge in [-0.05, 0) is 12.1 Å². The van der Waals surface area contributed by atoms with E-state index in [9.17, 15) is 13.2 Å². The van der Waals surface area contributed by atoms with Gasteiger partial charge in [-0.25, -0.2) is 0 Å². The Bertz CT molecular complexity index is 350. The van der Waals surface area contributed by atoms with Crippen LogP contribution >= 0.6 is 46.4 Å². The molecule has 0 spiro atoms. The summed E-state index contributed by atoms with van der Waals surface area (Å²) in [6, 6.07) is 1.47. The lowest BCUT2D eigenvalue weighted by molar-refractivity contribution is -0.137. The lowest BCUT2D eigenvalue weighted by Gasteiger charge is -2.12. The van der Waals surface area contributed by atoms with Crippen molar-refractivity contribution in [3.8, 4) is 0 Å². The number of halogens is 7. The van der Waals surface area contributed by atoms with Crippen molar-refractivity contribution in [2.75, 3.05) is 0 Å². The van der Waals surface area contributed by atoms with E-state index in [4.69, 9.17) is 46.4 Å². The predicted octanol–water partition coefficient (Wildman–Crippen LogP) is 5.49. The molecule has 0 unspecified atom stereocenters. The number of alkyl halides is 5. The summed E-state index contributed by atoms with van der Waals surface area (Å²) in [6.07, 6.45) is -4.50. The summed E-state index contributed by atoms with van der Waals surface area (Å²) in [6.45, 7) is 0. The highest BCUT2D eigenvalue weighted by Gasteiger charge is 2.32. The molecule has 0 heterocycles. The van der Waals surface area contributed by atoms with Gasteiger partial charge in [0.25, 0.3) is 0 Å². The van der Waals surface area contributed by atoms with Gasteiger partial charge in [-0.1, -0.05) is 46.4 Å². The fourth-order valence-electron chi connectivity index (χ4n) is 0.956. The van der Waals surface area contributed by atoms with Crippen LogP contribution in [0.2, 0.25) is 10.0 Å². The summed E-state index contributed by atoms with van der Waals surface area (Å²) < 4.78 is 36.9. The van der Waals surface area contributed by atoms with E-state index in [-0.39, 0.29) is 15.6 Å². The first-order valence-corrected chi connectivity index (χ1v) is 5.20. The molecule has 15 heavy (non-hydrogen) atoms. The molecule has 0 aliphatic carbocycles. The number of hydrogen-bond donors (Lipinski definition) is 0. The summed E-state index contributed by atoms with van der Waals surface area (Å²) >= 11 is 22.2. The number of hydrogen-bond acceptors (Lipinski definition) is 0. The first-order valence-electron chi connectivity index (χ1n) is 3.57. The number of benzene rings is 1. The van der Waals surface area contributed by atoms with Crippen LogP contribution in [0.25, 0.3) is 0 Å². The van der Waals surface area contributed by atoms with E-state index in [0.717, 1.165) is 12.1 Å². The van der Waals surface area contributed by atoms with Gasteiger partial charge in [-0.3, -0.25) is 0 Å². The molecule has 0 aliphatic heterocycles. The highest BCUT2D eigenvalue weighted by Crippen LogP contribution is 2.41. The molecule has 0 aliphatic rings. The summed E-state index contributed by atoms with van der Waals surface area (Å²) in [5, 5.41) is -0.408. The largest absolute Gasteiger partial charge is 0.416 e. The SMILES string of the molecule is FC(F)(F)c1cc(Cl)c(C(Cl)Cl)c(Cl)c1. The molecule has 0 fully saturated rings. The third kappa shape index (κ3) is 3.06. The molecule has 0 atom stereocenters. The van der Waals surface area contributed by atoms with Crippen LogP contribution in [0, 0.1) is 0 Å². The molecule has 0 aromatic heterocycles. The van der Waals surface area contributed by atoms with Crippen LogP contribution < -0.4 is 0 Å². The van der Waals surface area contributed by atoms with E-state index in [1.807, 2.05) is 0 Å². The lowest BCUT2D eigenvalue weighted by Crippen LogP contribution is -2.05. The Labute approximate surface area is 104 Å². The second kappa shape index (κ2) is 4.58. The minimum atomic E-state index is -4.50. The van der Waals surface area contributed by atoms with Crippen LogP contribution in [-0.4, -0.2) is 0 Å². The van der Waals surface area contributed by atoms with E-state index in [1.54, 1.807) is 0 Å². The van der Waals surface area contributed by atoms with Crippen LogP contribution in [0.1, 0.15) is 16.0 Å². The van der Waals surface area contributed by atoms with Crippen molar-refractivity contribution < 1.29 is 13.2 Å². The summed E-state index contributed by atoms with van der Waals surface area (Å²) in [5.41, 5.74) is -0.857. The molecule has 1 rings (SSSR count). The van der Waals surface area contributed by atoms with Crippen LogP contribution in [-0.2, 0) is 6.18 Å². The van der Waals surface area contributed by atoms with Crippen molar-refractivity contribution in [1.29, 1.82) is 0 Å². The van der Waals surface area contributed by atoms with Crippen molar-refractivity contribution in [2.24, 2.45) is 0 Å². The Kier molecular flexibility index (Phi) is 4.04. The minimum Gasteiger partial charge on any atom is -0.166 e. The van der Waals surface area contributed by atoms with Gasteiger partial charge in [0.1, 0.15) is 4.84 Å². The van der Waals surface area contributed by atoms with Gasteiger partial charge in [0.15, 0.2) is 0 Å². The summed E-state index contributed by atoms with van der Waals surface area (Å²) in [7, 11) is 0. The highest BCUT2D eigenvalue weighted by molar-refractivity contribution is 6.47. The van der Waals surface area contributed by atoms with Crippen LogP contribution in [0.5, 0.6) is 0 Å². The fraction of sp³-hybridized carbons (Fsp3) is 0.250. The molecule has 0 amide bonds. The molecule has 0 radical (unpaired) electrons. The molecule has 0 bridgehead atoms. The average Bonchev–Trinajstić information content (AvgIpc) is 1.99. The first-order chi connectivity index (χ1) is 6.73. The standard InChI is InChI=1S/C8H3Cl4F3/c9-4-1-3(8(13,14)15)2-5(10)6(4)7(11)12/h1-2,7H. The van der Waals surface area contributed by atoms with Crippen LogP contribution in [0.4, 0.5) is 13.2 Å². The molecule has 1 aromatic carbocycles. The lowest BCUT2D eigenvalue weighted by atomic mass is 10.1. The summed E-state index contributed by atoms with van der Waals surface area (Å²) in [5.74, 6) is 0. The van der Waals surface area contributed by atoms with Gasteiger partial charge < -0.3 is 0 Å². The second-order valence-electron chi connectivity index (χ2n) is 2.65. The third-order valence-electron chi connectivity index (χ3n) is 1.62. The Morgan fingerprint density at radius 1 is 1.00 bits per heavy atom. The molecule has 7 heteroatoms. The zero-order chi connectivity index (χ0) is 11.8. The molecule has 0 N–H and O–H groups in total. The van der Waals surface area contributed by atoms with Gasteiger partial charge in [-0.15, -0.1) is 0 Å². The van der Waals surface area contributed by atoms with E-state index in [1.165, 1.54) is 0 Å². The average molecular weight is 298 g/mol. The molecule has 1 aromatic rings. The normalized spacial score (nSPS) is 12.3.